The molecule has 0 aliphatic heterocycles. The number of hydrogen-bond acceptors (Lipinski definition) is 4. The van der Waals surface area contributed by atoms with E-state index in [-0.39, 0.29) is 5.69 Å². The molecule has 17 heavy (non-hydrogen) atoms. The Morgan fingerprint density at radius 1 is 1.41 bits per heavy atom. The molecule has 1 heterocycles. The lowest BCUT2D eigenvalue weighted by Crippen LogP contribution is -2.29. The van der Waals surface area contributed by atoms with Crippen LogP contribution in [0.5, 0.6) is 0 Å². The van der Waals surface area contributed by atoms with Crippen LogP contribution in [0.3, 0.4) is 0 Å². The molecule has 1 aromatic rings. The van der Waals surface area contributed by atoms with Crippen molar-refractivity contribution in [2.24, 2.45) is 0 Å². The molecule has 0 amide bonds. The van der Waals surface area contributed by atoms with Crippen LogP contribution in [0.4, 0.5) is 0 Å². The summed E-state index contributed by atoms with van der Waals surface area (Å²) in [6.07, 6.45) is 4.56. The fourth-order valence-electron chi connectivity index (χ4n) is 1.57. The van der Waals surface area contributed by atoms with Gasteiger partial charge < -0.3 is 10.2 Å². The van der Waals surface area contributed by atoms with Crippen molar-refractivity contribution in [3.63, 3.8) is 0 Å². The third kappa shape index (κ3) is 5.60. The minimum absolute atomic E-state index is 0.175. The zero-order valence-electron chi connectivity index (χ0n) is 10.9. The first-order valence-electron chi connectivity index (χ1n) is 5.98. The molecule has 1 aromatic heterocycles. The SMILES string of the molecule is Cc1cnc(=O)n(CCNCCCN(C)C)c1. The lowest BCUT2D eigenvalue weighted by atomic mass is 10.4. The van der Waals surface area contributed by atoms with Crippen molar-refractivity contribution in [2.75, 3.05) is 33.7 Å². The van der Waals surface area contributed by atoms with E-state index < -0.39 is 0 Å². The highest BCUT2D eigenvalue weighted by atomic mass is 16.1. The fourth-order valence-corrected chi connectivity index (χ4v) is 1.57. The van der Waals surface area contributed by atoms with Crippen LogP contribution in [0.2, 0.25) is 0 Å². The molecule has 5 heteroatoms. The molecule has 0 aliphatic rings. The van der Waals surface area contributed by atoms with Gasteiger partial charge in [-0.3, -0.25) is 4.57 Å². The zero-order valence-corrected chi connectivity index (χ0v) is 10.9. The van der Waals surface area contributed by atoms with Crippen LogP contribution >= 0.6 is 0 Å². The van der Waals surface area contributed by atoms with Crippen molar-refractivity contribution in [3.05, 3.63) is 28.4 Å². The second-order valence-electron chi connectivity index (χ2n) is 4.51. The Kier molecular flexibility index (Phi) is 5.86. The fraction of sp³-hybridized carbons (Fsp3) is 0.667. The molecule has 0 unspecified atom stereocenters. The van der Waals surface area contributed by atoms with Crippen molar-refractivity contribution in [2.45, 2.75) is 19.9 Å². The van der Waals surface area contributed by atoms with Crippen molar-refractivity contribution >= 4 is 0 Å². The Morgan fingerprint density at radius 2 is 2.18 bits per heavy atom. The largest absolute Gasteiger partial charge is 0.347 e. The van der Waals surface area contributed by atoms with E-state index in [0.717, 1.165) is 31.6 Å². The maximum Gasteiger partial charge on any atom is 0.347 e. The second kappa shape index (κ2) is 7.19. The maximum atomic E-state index is 11.4. The molecule has 0 radical (unpaired) electrons. The number of aromatic nitrogens is 2. The normalized spacial score (nSPS) is 11.1. The second-order valence-corrected chi connectivity index (χ2v) is 4.51. The molecule has 0 aromatic carbocycles. The highest BCUT2D eigenvalue weighted by molar-refractivity contribution is 4.99. The highest BCUT2D eigenvalue weighted by Crippen LogP contribution is 1.89. The molecule has 0 spiro atoms. The number of nitrogens with zero attached hydrogens (tertiary/aromatic N) is 3. The van der Waals surface area contributed by atoms with Gasteiger partial charge in [0.2, 0.25) is 0 Å². The van der Waals surface area contributed by atoms with Crippen LogP contribution in [-0.2, 0) is 6.54 Å². The summed E-state index contributed by atoms with van der Waals surface area (Å²) in [5, 5.41) is 3.32. The minimum atomic E-state index is -0.175. The molecular formula is C12H22N4O. The Balaban J connectivity index is 2.22. The Morgan fingerprint density at radius 3 is 2.88 bits per heavy atom. The molecule has 5 nitrogen and oxygen atoms in total. The van der Waals surface area contributed by atoms with E-state index in [2.05, 4.69) is 29.3 Å². The van der Waals surface area contributed by atoms with Crippen molar-refractivity contribution in [1.82, 2.24) is 19.8 Å². The summed E-state index contributed by atoms with van der Waals surface area (Å²) in [6, 6.07) is 0. The number of rotatable bonds is 7. The van der Waals surface area contributed by atoms with Crippen LogP contribution in [0.1, 0.15) is 12.0 Å². The van der Waals surface area contributed by atoms with Crippen LogP contribution < -0.4 is 11.0 Å². The summed E-state index contributed by atoms with van der Waals surface area (Å²) in [5.41, 5.74) is 0.836. The van der Waals surface area contributed by atoms with Gasteiger partial charge in [0.25, 0.3) is 0 Å². The van der Waals surface area contributed by atoms with Crippen LogP contribution in [0, 0.1) is 6.92 Å². The van der Waals surface area contributed by atoms with E-state index in [4.69, 9.17) is 0 Å². The Bertz CT molecular complexity index is 386. The van der Waals surface area contributed by atoms with Gasteiger partial charge in [-0.2, -0.15) is 0 Å². The molecule has 0 aliphatic carbocycles. The molecule has 0 saturated carbocycles. The van der Waals surface area contributed by atoms with Crippen LogP contribution in [0.25, 0.3) is 0 Å². The molecule has 0 fully saturated rings. The first-order chi connectivity index (χ1) is 8.09. The molecule has 1 rings (SSSR count). The first kappa shape index (κ1) is 13.9. The van der Waals surface area contributed by atoms with E-state index >= 15 is 0 Å². The van der Waals surface area contributed by atoms with Gasteiger partial charge in [-0.15, -0.1) is 0 Å². The predicted molar refractivity (Wildman–Crippen MR) is 69.3 cm³/mol. The molecule has 0 bridgehead atoms. The van der Waals surface area contributed by atoms with Gasteiger partial charge in [0.1, 0.15) is 0 Å². The molecule has 96 valence electrons. The van der Waals surface area contributed by atoms with E-state index in [1.165, 1.54) is 0 Å². The van der Waals surface area contributed by atoms with Crippen molar-refractivity contribution in [1.29, 1.82) is 0 Å². The quantitative estimate of drug-likeness (QED) is 0.684. The minimum Gasteiger partial charge on any atom is -0.315 e. The Hall–Kier alpha value is -1.20. The average Bonchev–Trinajstić information content (AvgIpc) is 2.27. The average molecular weight is 238 g/mol. The summed E-state index contributed by atoms with van der Waals surface area (Å²) < 4.78 is 1.65. The third-order valence-corrected chi connectivity index (χ3v) is 2.47. The van der Waals surface area contributed by atoms with Gasteiger partial charge in [-0.25, -0.2) is 9.78 Å². The summed E-state index contributed by atoms with van der Waals surface area (Å²) in [4.78, 5) is 17.4. The lowest BCUT2D eigenvalue weighted by molar-refractivity contribution is 0.393. The zero-order chi connectivity index (χ0) is 12.7. The van der Waals surface area contributed by atoms with E-state index in [0.29, 0.717) is 6.54 Å². The monoisotopic (exact) mass is 238 g/mol. The van der Waals surface area contributed by atoms with E-state index in [1.807, 2.05) is 13.1 Å². The summed E-state index contributed by atoms with van der Waals surface area (Å²) in [6.45, 7) is 5.48. The third-order valence-electron chi connectivity index (χ3n) is 2.47. The summed E-state index contributed by atoms with van der Waals surface area (Å²) >= 11 is 0. The number of aryl methyl sites for hydroxylation is 1. The molecule has 0 atom stereocenters. The number of hydrogen-bond donors (Lipinski definition) is 1. The van der Waals surface area contributed by atoms with Crippen molar-refractivity contribution in [3.8, 4) is 0 Å². The molecule has 0 saturated heterocycles. The van der Waals surface area contributed by atoms with Gasteiger partial charge in [-0.05, 0) is 46.1 Å². The number of nitrogens with one attached hydrogen (secondary N) is 1. The van der Waals surface area contributed by atoms with Gasteiger partial charge in [0, 0.05) is 25.5 Å². The Labute approximate surface area is 102 Å². The van der Waals surface area contributed by atoms with E-state index in [9.17, 15) is 4.79 Å². The van der Waals surface area contributed by atoms with Crippen LogP contribution in [0.15, 0.2) is 17.2 Å². The predicted octanol–water partition coefficient (Wildman–Crippen LogP) is 0.0930. The first-order valence-corrected chi connectivity index (χ1v) is 5.98. The molecular weight excluding hydrogens is 216 g/mol. The van der Waals surface area contributed by atoms with Gasteiger partial charge >= 0.3 is 5.69 Å². The topological polar surface area (TPSA) is 50.2 Å². The van der Waals surface area contributed by atoms with Crippen LogP contribution in [-0.4, -0.2) is 48.2 Å². The summed E-state index contributed by atoms with van der Waals surface area (Å²) in [5.74, 6) is 0. The lowest BCUT2D eigenvalue weighted by Gasteiger charge is -2.10. The van der Waals surface area contributed by atoms with Crippen molar-refractivity contribution < 1.29 is 0 Å². The van der Waals surface area contributed by atoms with Gasteiger partial charge in [0.05, 0.1) is 0 Å². The van der Waals surface area contributed by atoms with E-state index in [1.54, 1.807) is 10.8 Å². The summed E-state index contributed by atoms with van der Waals surface area (Å²) in [7, 11) is 4.13. The maximum absolute atomic E-state index is 11.4. The standard InChI is InChI=1S/C12H22N4O/c1-11-9-14-12(17)16(10-11)8-6-13-5-4-7-15(2)3/h9-10,13H,4-8H2,1-3H3. The smallest absolute Gasteiger partial charge is 0.315 e. The highest BCUT2D eigenvalue weighted by Gasteiger charge is 1.97. The van der Waals surface area contributed by atoms with Gasteiger partial charge in [0.15, 0.2) is 0 Å². The molecule has 1 N–H and O–H groups in total. The van der Waals surface area contributed by atoms with Gasteiger partial charge in [-0.1, -0.05) is 0 Å².